The Hall–Kier alpha value is -3.92. The predicted octanol–water partition coefficient (Wildman–Crippen LogP) is 9.43. The van der Waals surface area contributed by atoms with Crippen molar-refractivity contribution in [1.29, 1.82) is 0 Å². The minimum Gasteiger partial charge on any atom is -0.497 e. The molecular weight excluding hydrogens is 730 g/mol. The van der Waals surface area contributed by atoms with E-state index in [1.165, 1.54) is 16.8 Å². The van der Waals surface area contributed by atoms with E-state index in [-0.39, 0.29) is 37.2 Å². The number of likely N-dealkylation sites (tertiary alicyclic amines) is 1. The number of hydrogen-bond acceptors (Lipinski definition) is 8. The van der Waals surface area contributed by atoms with Crippen LogP contribution >= 0.6 is 48.8 Å². The molecule has 0 bridgehead atoms. The summed E-state index contributed by atoms with van der Waals surface area (Å²) < 4.78 is 22.2. The summed E-state index contributed by atoms with van der Waals surface area (Å²) in [6.07, 6.45) is 5.87. The SMILES string of the molecule is COc1ccc(N(Cc2ccnc(-c3cc(OC)c(OC)c(OC)c3)c2)C2CCN(Cc3ccnc(-c4ccc(Cl)cc4)c3)CC2)cc1.Cl.Cl.Cl. The fourth-order valence-corrected chi connectivity index (χ4v) is 6.49. The number of pyridine rings is 2. The third kappa shape index (κ3) is 10.1. The maximum absolute atomic E-state index is 6.10. The molecule has 0 saturated carbocycles. The van der Waals surface area contributed by atoms with Gasteiger partial charge in [-0.1, -0.05) is 23.7 Å². The van der Waals surface area contributed by atoms with Crippen LogP contribution in [0.2, 0.25) is 5.02 Å². The van der Waals surface area contributed by atoms with Crippen LogP contribution in [0.5, 0.6) is 23.0 Å². The molecule has 5 aromatic rings. The van der Waals surface area contributed by atoms with Gasteiger partial charge in [-0.25, -0.2) is 0 Å². The van der Waals surface area contributed by atoms with Crippen molar-refractivity contribution in [2.75, 3.05) is 46.4 Å². The first-order valence-corrected chi connectivity index (χ1v) is 16.4. The maximum Gasteiger partial charge on any atom is 0.203 e. The van der Waals surface area contributed by atoms with Crippen LogP contribution < -0.4 is 23.8 Å². The number of rotatable bonds is 12. The van der Waals surface area contributed by atoms with Crippen molar-refractivity contribution in [3.63, 3.8) is 0 Å². The Morgan fingerprint density at radius 2 is 1.24 bits per heavy atom. The molecular formula is C39H44Cl4N4O4. The highest BCUT2D eigenvalue weighted by Gasteiger charge is 2.26. The van der Waals surface area contributed by atoms with Gasteiger partial charge in [0, 0.05) is 66.5 Å². The zero-order chi connectivity index (χ0) is 33.5. The van der Waals surface area contributed by atoms with E-state index in [4.69, 9.17) is 35.5 Å². The van der Waals surface area contributed by atoms with Gasteiger partial charge < -0.3 is 23.8 Å². The van der Waals surface area contributed by atoms with Gasteiger partial charge in [-0.15, -0.1) is 37.2 Å². The van der Waals surface area contributed by atoms with Gasteiger partial charge in [0.2, 0.25) is 5.75 Å². The van der Waals surface area contributed by atoms with Gasteiger partial charge in [-0.2, -0.15) is 0 Å². The van der Waals surface area contributed by atoms with E-state index in [9.17, 15) is 0 Å². The van der Waals surface area contributed by atoms with Gasteiger partial charge >= 0.3 is 0 Å². The first kappa shape index (κ1) is 41.5. The standard InChI is InChI=1S/C39H41ClN4O4.3ClH/c1-45-34-11-9-32(10-12-34)44(26-28-14-18-42-36(22-28)30-23-37(46-2)39(48-4)38(24-30)47-3)33-15-19-43(20-16-33)25-27-13-17-41-35(21-27)29-5-7-31(40)8-6-29;;;/h5-14,17-18,21-24,33H,15-16,19-20,25-26H2,1-4H3;3*1H. The quantitative estimate of drug-likeness (QED) is 0.124. The third-order valence-electron chi connectivity index (χ3n) is 8.91. The van der Waals surface area contributed by atoms with Crippen molar-refractivity contribution < 1.29 is 18.9 Å². The van der Waals surface area contributed by atoms with Crippen LogP contribution in [0.3, 0.4) is 0 Å². The fourth-order valence-electron chi connectivity index (χ4n) is 6.36. The summed E-state index contributed by atoms with van der Waals surface area (Å²) in [5.74, 6) is 2.59. The molecule has 1 aliphatic rings. The minimum absolute atomic E-state index is 0. The van der Waals surface area contributed by atoms with Crippen LogP contribution in [0.1, 0.15) is 24.0 Å². The van der Waals surface area contributed by atoms with Crippen molar-refractivity contribution in [2.45, 2.75) is 32.0 Å². The number of nitrogens with zero attached hydrogens (tertiary/aromatic N) is 4. The molecule has 51 heavy (non-hydrogen) atoms. The average Bonchev–Trinajstić information content (AvgIpc) is 3.14. The van der Waals surface area contributed by atoms with Crippen LogP contribution in [0, 0.1) is 0 Å². The van der Waals surface area contributed by atoms with Crippen LogP contribution in [0.25, 0.3) is 22.5 Å². The van der Waals surface area contributed by atoms with Crippen LogP contribution in [0.4, 0.5) is 5.69 Å². The number of hydrogen-bond donors (Lipinski definition) is 0. The van der Waals surface area contributed by atoms with Gasteiger partial charge in [0.1, 0.15) is 5.75 Å². The fraction of sp³-hybridized carbons (Fsp3) is 0.282. The number of piperidine rings is 1. The Kier molecular flexibility index (Phi) is 16.0. The van der Waals surface area contributed by atoms with Gasteiger partial charge in [0.15, 0.2) is 11.5 Å². The normalized spacial score (nSPS) is 12.8. The number of anilines is 1. The van der Waals surface area contributed by atoms with Crippen molar-refractivity contribution in [2.24, 2.45) is 0 Å². The Labute approximate surface area is 324 Å². The third-order valence-corrected chi connectivity index (χ3v) is 9.16. The average molecular weight is 775 g/mol. The summed E-state index contributed by atoms with van der Waals surface area (Å²) in [5, 5.41) is 0.726. The Balaban J connectivity index is 0.00000234. The van der Waals surface area contributed by atoms with Gasteiger partial charge in [0.25, 0.3) is 0 Å². The summed E-state index contributed by atoms with van der Waals surface area (Å²) >= 11 is 6.10. The highest BCUT2D eigenvalue weighted by atomic mass is 35.5. The summed E-state index contributed by atoms with van der Waals surface area (Å²) in [5.41, 5.74) is 7.36. The first-order valence-electron chi connectivity index (χ1n) is 16.1. The molecule has 272 valence electrons. The lowest BCUT2D eigenvalue weighted by Gasteiger charge is -2.40. The molecule has 2 aromatic heterocycles. The molecule has 0 unspecified atom stereocenters. The molecule has 0 amide bonds. The second-order valence-corrected chi connectivity index (χ2v) is 12.3. The number of halogens is 4. The monoisotopic (exact) mass is 772 g/mol. The van der Waals surface area contributed by atoms with Gasteiger partial charge in [-0.3, -0.25) is 14.9 Å². The Bertz CT molecular complexity index is 1800. The lowest BCUT2D eigenvalue weighted by atomic mass is 10.00. The molecule has 8 nitrogen and oxygen atoms in total. The zero-order valence-corrected chi connectivity index (χ0v) is 32.3. The molecule has 6 rings (SSSR count). The van der Waals surface area contributed by atoms with Crippen LogP contribution in [0.15, 0.2) is 97.3 Å². The minimum atomic E-state index is 0. The topological polar surface area (TPSA) is 69.2 Å². The second kappa shape index (κ2) is 19.6. The largest absolute Gasteiger partial charge is 0.497 e. The van der Waals surface area contributed by atoms with E-state index in [0.29, 0.717) is 23.3 Å². The van der Waals surface area contributed by atoms with E-state index in [1.54, 1.807) is 28.4 Å². The van der Waals surface area contributed by atoms with E-state index in [2.05, 4.69) is 51.2 Å². The van der Waals surface area contributed by atoms with Gasteiger partial charge in [-0.05, 0) is 96.8 Å². The highest BCUT2D eigenvalue weighted by molar-refractivity contribution is 6.30. The van der Waals surface area contributed by atoms with Crippen LogP contribution in [-0.4, -0.2) is 62.4 Å². The van der Waals surface area contributed by atoms with Crippen molar-refractivity contribution in [1.82, 2.24) is 14.9 Å². The molecule has 1 fully saturated rings. The maximum atomic E-state index is 6.10. The lowest BCUT2D eigenvalue weighted by Crippen LogP contribution is -2.44. The number of ether oxygens (including phenoxy) is 4. The highest BCUT2D eigenvalue weighted by Crippen LogP contribution is 2.41. The summed E-state index contributed by atoms with van der Waals surface area (Å²) in [4.78, 5) is 14.4. The molecule has 0 atom stereocenters. The van der Waals surface area contributed by atoms with Gasteiger partial charge in [0.05, 0.1) is 39.8 Å². The molecule has 3 heterocycles. The van der Waals surface area contributed by atoms with Crippen molar-refractivity contribution in [3.05, 3.63) is 113 Å². The Morgan fingerprint density at radius 3 is 1.80 bits per heavy atom. The molecule has 0 N–H and O–H groups in total. The Morgan fingerprint density at radius 1 is 0.667 bits per heavy atom. The number of aromatic nitrogens is 2. The summed E-state index contributed by atoms with van der Waals surface area (Å²) in [6.45, 7) is 3.64. The second-order valence-electron chi connectivity index (χ2n) is 11.9. The molecule has 1 saturated heterocycles. The molecule has 3 aromatic carbocycles. The number of methoxy groups -OCH3 is 4. The summed E-state index contributed by atoms with van der Waals surface area (Å²) in [6, 6.07) is 29.0. The van der Waals surface area contributed by atoms with Crippen molar-refractivity contribution >= 4 is 54.5 Å². The lowest BCUT2D eigenvalue weighted by molar-refractivity contribution is 0.201. The first-order chi connectivity index (χ1) is 23.5. The van der Waals surface area contributed by atoms with E-state index in [0.717, 1.165) is 72.3 Å². The zero-order valence-electron chi connectivity index (χ0n) is 29.1. The number of benzene rings is 3. The molecule has 0 spiro atoms. The van der Waals surface area contributed by atoms with Crippen molar-refractivity contribution in [3.8, 4) is 45.5 Å². The predicted molar refractivity (Wildman–Crippen MR) is 213 cm³/mol. The molecule has 0 radical (unpaired) electrons. The molecule has 12 heteroatoms. The molecule has 0 aliphatic carbocycles. The van der Waals surface area contributed by atoms with E-state index in [1.807, 2.05) is 60.9 Å². The van der Waals surface area contributed by atoms with Crippen LogP contribution in [-0.2, 0) is 13.1 Å². The van der Waals surface area contributed by atoms with E-state index < -0.39 is 0 Å². The smallest absolute Gasteiger partial charge is 0.203 e. The van der Waals surface area contributed by atoms with E-state index >= 15 is 0 Å². The molecule has 1 aliphatic heterocycles. The summed E-state index contributed by atoms with van der Waals surface area (Å²) in [7, 11) is 6.55.